The van der Waals surface area contributed by atoms with Crippen LogP contribution in [0.1, 0.15) is 50.1 Å². The molecular formula is C15H17F4NO. The molecule has 0 spiro atoms. The highest BCUT2D eigenvalue weighted by Gasteiger charge is 2.32. The van der Waals surface area contributed by atoms with Crippen molar-refractivity contribution in [2.75, 3.05) is 0 Å². The van der Waals surface area contributed by atoms with E-state index in [4.69, 9.17) is 0 Å². The van der Waals surface area contributed by atoms with Crippen LogP contribution in [0.4, 0.5) is 17.6 Å². The maximum atomic E-state index is 12.8. The van der Waals surface area contributed by atoms with E-state index in [2.05, 4.69) is 4.98 Å². The van der Waals surface area contributed by atoms with Crippen molar-refractivity contribution in [2.24, 2.45) is 5.92 Å². The maximum Gasteiger partial charge on any atom is 0.389 e. The molecule has 116 valence electrons. The molecule has 0 aliphatic heterocycles. The van der Waals surface area contributed by atoms with Gasteiger partial charge in [0.2, 0.25) is 0 Å². The summed E-state index contributed by atoms with van der Waals surface area (Å²) < 4.78 is 49.1. The average molecular weight is 303 g/mol. The molecule has 0 amide bonds. The van der Waals surface area contributed by atoms with Gasteiger partial charge < -0.3 is 0 Å². The van der Waals surface area contributed by atoms with Gasteiger partial charge in [-0.1, -0.05) is 0 Å². The summed E-state index contributed by atoms with van der Waals surface area (Å²) in [5.41, 5.74) is 0.789. The zero-order valence-electron chi connectivity index (χ0n) is 11.5. The lowest BCUT2D eigenvalue weighted by Gasteiger charge is -2.27. The Labute approximate surface area is 120 Å². The van der Waals surface area contributed by atoms with Crippen molar-refractivity contribution in [3.05, 3.63) is 29.8 Å². The average Bonchev–Trinajstić information content (AvgIpc) is 2.45. The Bertz CT molecular complexity index is 475. The highest BCUT2D eigenvalue weighted by atomic mass is 19.4. The summed E-state index contributed by atoms with van der Waals surface area (Å²) in [5, 5.41) is 0. The summed E-state index contributed by atoms with van der Waals surface area (Å²) >= 11 is 0. The van der Waals surface area contributed by atoms with Gasteiger partial charge in [0, 0.05) is 24.0 Å². The van der Waals surface area contributed by atoms with Gasteiger partial charge in [-0.2, -0.15) is 13.2 Å². The van der Waals surface area contributed by atoms with Crippen molar-refractivity contribution in [1.29, 1.82) is 0 Å². The van der Waals surface area contributed by atoms with Crippen LogP contribution in [0.3, 0.4) is 0 Å². The van der Waals surface area contributed by atoms with E-state index in [0.29, 0.717) is 25.7 Å². The molecule has 1 saturated carbocycles. The number of nitrogens with zero attached hydrogens (tertiary/aromatic N) is 1. The van der Waals surface area contributed by atoms with E-state index in [-0.39, 0.29) is 17.6 Å². The zero-order valence-corrected chi connectivity index (χ0v) is 11.5. The smallest absolute Gasteiger partial charge is 0.299 e. The molecule has 1 aromatic heterocycles. The molecule has 0 aromatic carbocycles. The lowest BCUT2D eigenvalue weighted by Crippen LogP contribution is -2.23. The number of hydrogen-bond acceptors (Lipinski definition) is 2. The van der Waals surface area contributed by atoms with Gasteiger partial charge in [0.25, 0.3) is 0 Å². The van der Waals surface area contributed by atoms with Crippen LogP contribution in [0.15, 0.2) is 18.3 Å². The van der Waals surface area contributed by atoms with Gasteiger partial charge >= 0.3 is 6.18 Å². The summed E-state index contributed by atoms with van der Waals surface area (Å²) in [6.07, 6.45) is -1.98. The largest absolute Gasteiger partial charge is 0.389 e. The van der Waals surface area contributed by atoms with Gasteiger partial charge in [-0.05, 0) is 37.8 Å². The summed E-state index contributed by atoms with van der Waals surface area (Å²) in [5.74, 6) is -0.797. The number of alkyl halides is 3. The Morgan fingerprint density at radius 1 is 1.19 bits per heavy atom. The second kappa shape index (κ2) is 6.54. The van der Waals surface area contributed by atoms with Crippen molar-refractivity contribution >= 4 is 5.78 Å². The van der Waals surface area contributed by atoms with Crippen LogP contribution in [0.5, 0.6) is 0 Å². The highest BCUT2D eigenvalue weighted by molar-refractivity contribution is 5.81. The number of pyridine rings is 1. The monoisotopic (exact) mass is 303 g/mol. The molecule has 1 heterocycles. The van der Waals surface area contributed by atoms with Crippen molar-refractivity contribution in [2.45, 2.75) is 50.6 Å². The topological polar surface area (TPSA) is 30.0 Å². The Morgan fingerprint density at radius 3 is 2.38 bits per heavy atom. The summed E-state index contributed by atoms with van der Waals surface area (Å²) in [4.78, 5) is 15.8. The fourth-order valence-corrected chi connectivity index (χ4v) is 2.81. The highest BCUT2D eigenvalue weighted by Crippen LogP contribution is 2.36. The number of hydrogen-bond donors (Lipinski definition) is 0. The minimum atomic E-state index is -4.27. The number of rotatable bonds is 4. The number of carbonyl (C=O) groups excluding carboxylic acids is 1. The minimum Gasteiger partial charge on any atom is -0.299 e. The third-order valence-electron chi connectivity index (χ3n) is 4.01. The van der Waals surface area contributed by atoms with E-state index in [9.17, 15) is 22.4 Å². The summed E-state index contributed by atoms with van der Waals surface area (Å²) in [6, 6.07) is 2.98. The molecule has 21 heavy (non-hydrogen) atoms. The van der Waals surface area contributed by atoms with Gasteiger partial charge in [0.15, 0.2) is 0 Å². The molecule has 0 radical (unpaired) electrons. The molecule has 2 rings (SSSR count). The summed E-state index contributed by atoms with van der Waals surface area (Å²) in [6.45, 7) is 0. The van der Waals surface area contributed by atoms with Crippen LogP contribution in [-0.4, -0.2) is 16.9 Å². The molecule has 1 aliphatic carbocycles. The molecule has 0 N–H and O–H groups in total. The first-order chi connectivity index (χ1) is 9.85. The Hall–Kier alpha value is -1.46. The second-order valence-corrected chi connectivity index (χ2v) is 5.53. The first-order valence-electron chi connectivity index (χ1n) is 7.06. The molecule has 1 aromatic rings. The standard InChI is InChI=1S/C15H17F4NO/c16-12-5-6-13(20-9-12)10-1-3-11(4-2-10)14(21)7-8-15(17,18)19/h5-6,9-11H,1-4,7-8H2. The molecule has 1 fully saturated rings. The van der Waals surface area contributed by atoms with E-state index in [1.54, 1.807) is 6.07 Å². The van der Waals surface area contributed by atoms with Crippen LogP contribution >= 0.6 is 0 Å². The molecule has 0 atom stereocenters. The van der Waals surface area contributed by atoms with Crippen LogP contribution in [0.25, 0.3) is 0 Å². The molecule has 0 bridgehead atoms. The van der Waals surface area contributed by atoms with Crippen LogP contribution < -0.4 is 0 Å². The first-order valence-corrected chi connectivity index (χ1v) is 7.06. The van der Waals surface area contributed by atoms with Crippen molar-refractivity contribution in [3.63, 3.8) is 0 Å². The third kappa shape index (κ3) is 4.79. The van der Waals surface area contributed by atoms with Crippen molar-refractivity contribution in [3.8, 4) is 0 Å². The summed E-state index contributed by atoms with van der Waals surface area (Å²) in [7, 11) is 0. The predicted octanol–water partition coefficient (Wildman–Crippen LogP) is 4.41. The second-order valence-electron chi connectivity index (χ2n) is 5.53. The Balaban J connectivity index is 1.82. The molecule has 1 aliphatic rings. The van der Waals surface area contributed by atoms with Gasteiger partial charge in [0.05, 0.1) is 12.6 Å². The molecule has 6 heteroatoms. The number of Topliss-reactive ketones (excluding diaryl/α,β-unsaturated/α-hetero) is 1. The Morgan fingerprint density at radius 2 is 1.86 bits per heavy atom. The molecule has 0 unspecified atom stereocenters. The van der Waals surface area contributed by atoms with Crippen LogP contribution in [0.2, 0.25) is 0 Å². The number of carbonyl (C=O) groups is 1. The lowest BCUT2D eigenvalue weighted by atomic mass is 9.78. The van der Waals surface area contributed by atoms with Crippen LogP contribution in [-0.2, 0) is 4.79 Å². The van der Waals surface area contributed by atoms with Crippen molar-refractivity contribution in [1.82, 2.24) is 4.98 Å². The van der Waals surface area contributed by atoms with Crippen LogP contribution in [0, 0.1) is 11.7 Å². The van der Waals surface area contributed by atoms with E-state index in [0.717, 1.165) is 11.9 Å². The van der Waals surface area contributed by atoms with E-state index in [1.807, 2.05) is 0 Å². The van der Waals surface area contributed by atoms with Gasteiger partial charge in [-0.3, -0.25) is 9.78 Å². The minimum absolute atomic E-state index is 0.164. The Kier molecular flexibility index (Phi) is 4.96. The number of ketones is 1. The predicted molar refractivity (Wildman–Crippen MR) is 69.2 cm³/mol. The fraction of sp³-hybridized carbons (Fsp3) is 0.600. The fourth-order valence-electron chi connectivity index (χ4n) is 2.81. The quantitative estimate of drug-likeness (QED) is 0.771. The van der Waals surface area contributed by atoms with E-state index < -0.39 is 24.8 Å². The SMILES string of the molecule is O=C(CCC(F)(F)F)C1CCC(c2ccc(F)cn2)CC1. The molecular weight excluding hydrogens is 286 g/mol. The normalized spacial score (nSPS) is 23.0. The van der Waals surface area contributed by atoms with Crippen molar-refractivity contribution < 1.29 is 22.4 Å². The first kappa shape index (κ1) is 15.9. The van der Waals surface area contributed by atoms with Gasteiger partial charge in [-0.15, -0.1) is 0 Å². The molecule has 0 saturated heterocycles. The van der Waals surface area contributed by atoms with Gasteiger partial charge in [0.1, 0.15) is 11.6 Å². The number of halogens is 4. The van der Waals surface area contributed by atoms with E-state index >= 15 is 0 Å². The number of aromatic nitrogens is 1. The zero-order chi connectivity index (χ0) is 15.5. The third-order valence-corrected chi connectivity index (χ3v) is 4.01. The maximum absolute atomic E-state index is 12.8. The molecule has 2 nitrogen and oxygen atoms in total. The van der Waals surface area contributed by atoms with E-state index in [1.165, 1.54) is 6.07 Å². The van der Waals surface area contributed by atoms with Gasteiger partial charge in [-0.25, -0.2) is 4.39 Å². The lowest BCUT2D eigenvalue weighted by molar-refractivity contribution is -0.145.